The number of nitrogen functional groups attached to an aromatic ring is 1. The van der Waals surface area contributed by atoms with Gasteiger partial charge in [-0.25, -0.2) is 4.79 Å². The SMILES string of the molecule is NC(=O)Oc1cccc(Oc2ccc(N)cc2Cl)c1. The zero-order valence-electron chi connectivity index (χ0n) is 9.80. The highest BCUT2D eigenvalue weighted by atomic mass is 35.5. The van der Waals surface area contributed by atoms with Crippen LogP contribution in [0.15, 0.2) is 42.5 Å². The molecule has 0 radical (unpaired) electrons. The van der Waals surface area contributed by atoms with Gasteiger partial charge in [0.05, 0.1) is 5.02 Å². The third kappa shape index (κ3) is 3.53. The highest BCUT2D eigenvalue weighted by Gasteiger charge is 2.05. The van der Waals surface area contributed by atoms with Crippen LogP contribution in [0.25, 0.3) is 0 Å². The molecular formula is C13H11ClN2O3. The summed E-state index contributed by atoms with van der Waals surface area (Å²) in [4.78, 5) is 10.7. The Balaban J connectivity index is 2.21. The van der Waals surface area contributed by atoms with Crippen LogP contribution in [-0.4, -0.2) is 6.09 Å². The number of carbonyl (C=O) groups is 1. The van der Waals surface area contributed by atoms with Crippen LogP contribution in [0.3, 0.4) is 0 Å². The molecule has 0 unspecified atom stereocenters. The molecule has 0 aliphatic rings. The molecule has 0 saturated heterocycles. The van der Waals surface area contributed by atoms with Gasteiger partial charge in [0, 0.05) is 11.8 Å². The van der Waals surface area contributed by atoms with E-state index < -0.39 is 6.09 Å². The number of anilines is 1. The summed E-state index contributed by atoms with van der Waals surface area (Å²) in [5.41, 5.74) is 11.1. The second-order valence-corrected chi connectivity index (χ2v) is 4.10. The van der Waals surface area contributed by atoms with Gasteiger partial charge in [0.25, 0.3) is 0 Å². The first-order valence-corrected chi connectivity index (χ1v) is 5.72. The number of amides is 1. The molecule has 2 aromatic rings. The minimum atomic E-state index is -0.886. The van der Waals surface area contributed by atoms with Crippen molar-refractivity contribution in [2.75, 3.05) is 5.73 Å². The fourth-order valence-corrected chi connectivity index (χ4v) is 1.67. The monoisotopic (exact) mass is 278 g/mol. The molecule has 0 bridgehead atoms. The standard InChI is InChI=1S/C13H11ClN2O3/c14-11-6-8(15)4-5-12(11)18-9-2-1-3-10(7-9)19-13(16)17/h1-7H,15H2,(H2,16,17). The maximum Gasteiger partial charge on any atom is 0.409 e. The number of nitrogens with two attached hydrogens (primary N) is 2. The van der Waals surface area contributed by atoms with E-state index in [4.69, 9.17) is 32.5 Å². The Hall–Kier alpha value is -2.40. The van der Waals surface area contributed by atoms with Crippen molar-refractivity contribution < 1.29 is 14.3 Å². The lowest BCUT2D eigenvalue weighted by Gasteiger charge is -2.09. The van der Waals surface area contributed by atoms with Crippen molar-refractivity contribution in [3.8, 4) is 17.2 Å². The normalized spacial score (nSPS) is 9.95. The van der Waals surface area contributed by atoms with Crippen molar-refractivity contribution in [3.05, 3.63) is 47.5 Å². The van der Waals surface area contributed by atoms with Gasteiger partial charge in [-0.15, -0.1) is 0 Å². The van der Waals surface area contributed by atoms with E-state index in [1.165, 1.54) is 6.07 Å². The van der Waals surface area contributed by atoms with Crippen molar-refractivity contribution in [2.24, 2.45) is 5.73 Å². The fraction of sp³-hybridized carbons (Fsp3) is 0. The average Bonchev–Trinajstić information content (AvgIpc) is 2.32. The minimum absolute atomic E-state index is 0.288. The van der Waals surface area contributed by atoms with E-state index in [1.807, 2.05) is 0 Å². The van der Waals surface area contributed by atoms with Crippen LogP contribution >= 0.6 is 11.6 Å². The number of hydrogen-bond donors (Lipinski definition) is 2. The Bertz CT molecular complexity index is 617. The fourth-order valence-electron chi connectivity index (χ4n) is 1.44. The molecule has 0 heterocycles. The first-order chi connectivity index (χ1) is 9.04. The van der Waals surface area contributed by atoms with Gasteiger partial charge in [-0.05, 0) is 30.3 Å². The Kier molecular flexibility index (Phi) is 3.77. The number of rotatable bonds is 3. The predicted molar refractivity (Wildman–Crippen MR) is 72.6 cm³/mol. The molecule has 4 N–H and O–H groups in total. The van der Waals surface area contributed by atoms with E-state index >= 15 is 0 Å². The quantitative estimate of drug-likeness (QED) is 0.844. The van der Waals surface area contributed by atoms with Gasteiger partial charge in [0.1, 0.15) is 17.2 Å². The molecule has 6 heteroatoms. The van der Waals surface area contributed by atoms with Gasteiger partial charge in [-0.1, -0.05) is 17.7 Å². The van der Waals surface area contributed by atoms with Crippen LogP contribution in [0, 0.1) is 0 Å². The van der Waals surface area contributed by atoms with Gasteiger partial charge in [0.15, 0.2) is 0 Å². The summed E-state index contributed by atoms with van der Waals surface area (Å²) in [5.74, 6) is 1.20. The number of hydrogen-bond acceptors (Lipinski definition) is 4. The van der Waals surface area contributed by atoms with Gasteiger partial charge in [-0.2, -0.15) is 0 Å². The van der Waals surface area contributed by atoms with Crippen molar-refractivity contribution in [1.29, 1.82) is 0 Å². The van der Waals surface area contributed by atoms with Crippen molar-refractivity contribution in [2.45, 2.75) is 0 Å². The van der Waals surface area contributed by atoms with Crippen LogP contribution < -0.4 is 20.9 Å². The van der Waals surface area contributed by atoms with E-state index in [-0.39, 0.29) is 5.75 Å². The third-order valence-corrected chi connectivity index (χ3v) is 2.50. The second kappa shape index (κ2) is 5.49. The van der Waals surface area contributed by atoms with E-state index in [2.05, 4.69) is 0 Å². The topological polar surface area (TPSA) is 87.6 Å². The Morgan fingerprint density at radius 3 is 2.53 bits per heavy atom. The molecule has 0 aliphatic heterocycles. The van der Waals surface area contributed by atoms with E-state index in [0.717, 1.165) is 0 Å². The summed E-state index contributed by atoms with van der Waals surface area (Å²) >= 11 is 5.99. The highest BCUT2D eigenvalue weighted by molar-refractivity contribution is 6.32. The zero-order valence-corrected chi connectivity index (χ0v) is 10.6. The molecule has 1 amide bonds. The second-order valence-electron chi connectivity index (χ2n) is 3.69. The molecule has 0 fully saturated rings. The van der Waals surface area contributed by atoms with Crippen LogP contribution in [0.2, 0.25) is 5.02 Å². The molecule has 0 aromatic heterocycles. The number of halogens is 1. The first kappa shape index (κ1) is 13.0. The first-order valence-electron chi connectivity index (χ1n) is 5.35. The summed E-state index contributed by atoms with van der Waals surface area (Å²) in [6, 6.07) is 11.4. The molecule has 0 spiro atoms. The number of benzene rings is 2. The summed E-state index contributed by atoms with van der Waals surface area (Å²) in [5, 5.41) is 0.390. The van der Waals surface area contributed by atoms with Crippen LogP contribution in [0.5, 0.6) is 17.2 Å². The highest BCUT2D eigenvalue weighted by Crippen LogP contribution is 2.32. The van der Waals surface area contributed by atoms with E-state index in [9.17, 15) is 4.79 Å². The Morgan fingerprint density at radius 1 is 1.11 bits per heavy atom. The molecule has 2 rings (SSSR count). The average molecular weight is 279 g/mol. The predicted octanol–water partition coefficient (Wildman–Crippen LogP) is 3.17. The van der Waals surface area contributed by atoms with Gasteiger partial charge < -0.3 is 20.9 Å². The molecule has 0 saturated carbocycles. The zero-order chi connectivity index (χ0) is 13.8. The molecular weight excluding hydrogens is 268 g/mol. The summed E-state index contributed by atoms with van der Waals surface area (Å²) in [6.07, 6.45) is -0.886. The smallest absolute Gasteiger partial charge is 0.409 e. The van der Waals surface area contributed by atoms with Crippen molar-refractivity contribution >= 4 is 23.4 Å². The molecule has 5 nitrogen and oxygen atoms in total. The Morgan fingerprint density at radius 2 is 1.84 bits per heavy atom. The summed E-state index contributed by atoms with van der Waals surface area (Å²) in [7, 11) is 0. The van der Waals surface area contributed by atoms with Crippen molar-refractivity contribution in [1.82, 2.24) is 0 Å². The molecule has 98 valence electrons. The maximum atomic E-state index is 10.7. The molecule has 0 atom stereocenters. The van der Waals surface area contributed by atoms with E-state index in [0.29, 0.717) is 22.2 Å². The van der Waals surface area contributed by atoms with Crippen LogP contribution in [-0.2, 0) is 0 Å². The van der Waals surface area contributed by atoms with Gasteiger partial charge in [-0.3, -0.25) is 0 Å². The lowest BCUT2D eigenvalue weighted by atomic mass is 10.3. The maximum absolute atomic E-state index is 10.7. The molecule has 0 aliphatic carbocycles. The molecule has 2 aromatic carbocycles. The number of carbonyl (C=O) groups excluding carboxylic acids is 1. The Labute approximate surface area is 114 Å². The van der Waals surface area contributed by atoms with E-state index in [1.54, 1.807) is 36.4 Å². The van der Waals surface area contributed by atoms with Crippen molar-refractivity contribution in [3.63, 3.8) is 0 Å². The lowest BCUT2D eigenvalue weighted by molar-refractivity contribution is 0.211. The summed E-state index contributed by atoms with van der Waals surface area (Å²) < 4.78 is 10.3. The van der Waals surface area contributed by atoms with Gasteiger partial charge in [0.2, 0.25) is 0 Å². The molecule has 19 heavy (non-hydrogen) atoms. The van der Waals surface area contributed by atoms with Crippen LogP contribution in [0.1, 0.15) is 0 Å². The van der Waals surface area contributed by atoms with Crippen LogP contribution in [0.4, 0.5) is 10.5 Å². The summed E-state index contributed by atoms with van der Waals surface area (Å²) in [6.45, 7) is 0. The largest absolute Gasteiger partial charge is 0.456 e. The lowest BCUT2D eigenvalue weighted by Crippen LogP contribution is -2.16. The number of ether oxygens (including phenoxy) is 2. The number of primary amides is 1. The third-order valence-electron chi connectivity index (χ3n) is 2.21. The minimum Gasteiger partial charge on any atom is -0.456 e. The van der Waals surface area contributed by atoms with Gasteiger partial charge >= 0.3 is 6.09 Å².